The molecular weight excluding hydrogens is 400 g/mol. The Bertz CT molecular complexity index is 862. The summed E-state index contributed by atoms with van der Waals surface area (Å²) in [5, 5.41) is 3.90. The van der Waals surface area contributed by atoms with Crippen LogP contribution in [-0.4, -0.2) is 17.0 Å². The molecule has 2 heteroatoms. The molecule has 33 heavy (non-hydrogen) atoms. The van der Waals surface area contributed by atoms with Crippen LogP contribution in [0.3, 0.4) is 0 Å². The molecule has 0 amide bonds. The third-order valence-electron chi connectivity index (χ3n) is 7.27. The van der Waals surface area contributed by atoms with E-state index >= 15 is 0 Å². The first kappa shape index (κ1) is 23.7. The van der Waals surface area contributed by atoms with Crippen LogP contribution in [-0.2, 0) is 19.6 Å². The van der Waals surface area contributed by atoms with Crippen molar-refractivity contribution in [1.29, 1.82) is 0 Å². The van der Waals surface area contributed by atoms with E-state index in [1.165, 1.54) is 55.2 Å². The van der Waals surface area contributed by atoms with Crippen LogP contribution in [0, 0.1) is 5.92 Å². The van der Waals surface area contributed by atoms with Crippen molar-refractivity contribution in [2.75, 3.05) is 0 Å². The van der Waals surface area contributed by atoms with E-state index in [9.17, 15) is 0 Å². The monoisotopic (exact) mass is 440 g/mol. The second-order valence-corrected chi connectivity index (χ2v) is 9.84. The molecule has 1 aliphatic rings. The van der Waals surface area contributed by atoms with E-state index in [1.54, 1.807) is 0 Å². The lowest BCUT2D eigenvalue weighted by Gasteiger charge is -2.39. The topological polar surface area (TPSA) is 15.3 Å². The summed E-state index contributed by atoms with van der Waals surface area (Å²) in [5.41, 5.74) is 4.16. The molecule has 3 aromatic rings. The fourth-order valence-electron chi connectivity index (χ4n) is 5.37. The van der Waals surface area contributed by atoms with Crippen LogP contribution in [0.15, 0.2) is 91.0 Å². The molecule has 0 aliphatic heterocycles. The van der Waals surface area contributed by atoms with Gasteiger partial charge in [0.2, 0.25) is 0 Å². The Morgan fingerprint density at radius 1 is 0.697 bits per heavy atom. The molecule has 0 bridgehead atoms. The molecule has 0 radical (unpaired) electrons. The van der Waals surface area contributed by atoms with Crippen LogP contribution in [0.5, 0.6) is 0 Å². The lowest BCUT2D eigenvalue weighted by molar-refractivity contribution is 0.111. The van der Waals surface area contributed by atoms with Crippen molar-refractivity contribution in [3.05, 3.63) is 108 Å². The lowest BCUT2D eigenvalue weighted by atomic mass is 9.82. The van der Waals surface area contributed by atoms with Crippen LogP contribution in [0.2, 0.25) is 0 Å². The van der Waals surface area contributed by atoms with E-state index in [4.69, 9.17) is 0 Å². The van der Waals surface area contributed by atoms with Gasteiger partial charge in [-0.05, 0) is 36.0 Å². The quantitative estimate of drug-likeness (QED) is 0.339. The van der Waals surface area contributed by atoms with Crippen molar-refractivity contribution >= 4 is 0 Å². The van der Waals surface area contributed by atoms with E-state index in [-0.39, 0.29) is 0 Å². The number of rotatable bonds is 11. The maximum Gasteiger partial charge on any atom is 0.0256 e. The lowest BCUT2D eigenvalue weighted by Crippen LogP contribution is -2.49. The van der Waals surface area contributed by atoms with Crippen molar-refractivity contribution in [3.63, 3.8) is 0 Å². The number of nitrogens with one attached hydrogen (secondary N) is 1. The molecule has 1 aliphatic carbocycles. The maximum absolute atomic E-state index is 3.90. The smallest absolute Gasteiger partial charge is 0.0256 e. The van der Waals surface area contributed by atoms with E-state index in [1.807, 2.05) is 0 Å². The van der Waals surface area contributed by atoms with Crippen LogP contribution in [0.4, 0.5) is 0 Å². The first-order valence-electron chi connectivity index (χ1n) is 12.9. The minimum absolute atomic E-state index is 0.416. The Balaban J connectivity index is 1.55. The van der Waals surface area contributed by atoms with E-state index < -0.39 is 0 Å². The minimum Gasteiger partial charge on any atom is -0.309 e. The van der Waals surface area contributed by atoms with Gasteiger partial charge in [0.1, 0.15) is 0 Å². The van der Waals surface area contributed by atoms with E-state index in [0.29, 0.717) is 12.1 Å². The van der Waals surface area contributed by atoms with Crippen LogP contribution >= 0.6 is 0 Å². The Morgan fingerprint density at radius 3 is 1.70 bits per heavy atom. The van der Waals surface area contributed by atoms with Gasteiger partial charge >= 0.3 is 0 Å². The predicted octanol–water partition coefficient (Wildman–Crippen LogP) is 7.21. The van der Waals surface area contributed by atoms with Gasteiger partial charge in [-0.1, -0.05) is 123 Å². The first-order chi connectivity index (χ1) is 16.3. The summed E-state index contributed by atoms with van der Waals surface area (Å²) in [7, 11) is 0. The van der Waals surface area contributed by atoms with E-state index in [2.05, 4.69) is 108 Å². The zero-order chi connectivity index (χ0) is 22.7. The summed E-state index contributed by atoms with van der Waals surface area (Å²) in [6.45, 7) is 5.31. The summed E-state index contributed by atoms with van der Waals surface area (Å²) in [6, 6.07) is 33.8. The number of hydrogen-bond donors (Lipinski definition) is 1. The number of nitrogens with zero attached hydrogens (tertiary/aromatic N) is 1. The van der Waals surface area contributed by atoms with Gasteiger partial charge in [0.25, 0.3) is 0 Å². The van der Waals surface area contributed by atoms with Crippen molar-refractivity contribution in [1.82, 2.24) is 10.2 Å². The summed E-state index contributed by atoms with van der Waals surface area (Å²) in [5.74, 6) is 0.846. The molecule has 1 fully saturated rings. The molecule has 1 saturated carbocycles. The largest absolute Gasteiger partial charge is 0.309 e. The van der Waals surface area contributed by atoms with E-state index in [0.717, 1.165) is 25.6 Å². The molecular formula is C31H40N2. The van der Waals surface area contributed by atoms with Gasteiger partial charge in [0, 0.05) is 31.7 Å². The Labute approximate surface area is 201 Å². The first-order valence-corrected chi connectivity index (χ1v) is 12.9. The molecule has 3 aromatic carbocycles. The molecule has 2 nitrogen and oxygen atoms in total. The van der Waals surface area contributed by atoms with Crippen molar-refractivity contribution in [2.45, 2.75) is 77.2 Å². The second-order valence-electron chi connectivity index (χ2n) is 9.84. The van der Waals surface area contributed by atoms with Crippen molar-refractivity contribution < 1.29 is 0 Å². The summed E-state index contributed by atoms with van der Waals surface area (Å²) in [4.78, 5) is 2.74. The van der Waals surface area contributed by atoms with Gasteiger partial charge in [0.15, 0.2) is 0 Å². The predicted molar refractivity (Wildman–Crippen MR) is 140 cm³/mol. The Morgan fingerprint density at radius 2 is 1.18 bits per heavy atom. The molecule has 0 aromatic heterocycles. The van der Waals surface area contributed by atoms with Gasteiger partial charge in [-0.25, -0.2) is 0 Å². The highest BCUT2D eigenvalue weighted by Gasteiger charge is 2.28. The average molecular weight is 441 g/mol. The minimum atomic E-state index is 0.416. The van der Waals surface area contributed by atoms with Gasteiger partial charge in [-0.3, -0.25) is 4.90 Å². The third kappa shape index (κ3) is 7.55. The Hall–Kier alpha value is -2.42. The summed E-state index contributed by atoms with van der Waals surface area (Å²) >= 11 is 0. The molecule has 0 heterocycles. The van der Waals surface area contributed by atoms with Crippen LogP contribution in [0.1, 0.15) is 62.1 Å². The maximum atomic E-state index is 3.90. The van der Waals surface area contributed by atoms with Crippen molar-refractivity contribution in [2.24, 2.45) is 5.92 Å². The molecule has 4 rings (SSSR count). The molecule has 174 valence electrons. The number of benzene rings is 3. The van der Waals surface area contributed by atoms with Crippen LogP contribution < -0.4 is 5.32 Å². The van der Waals surface area contributed by atoms with Crippen molar-refractivity contribution in [3.8, 4) is 0 Å². The highest BCUT2D eigenvalue weighted by Crippen LogP contribution is 2.31. The van der Waals surface area contributed by atoms with Gasteiger partial charge < -0.3 is 5.32 Å². The number of hydrogen-bond acceptors (Lipinski definition) is 2. The SMILES string of the molecule is C[C@H](NCc1ccccc1)[C@H](CC1CCCCC1)N(Cc1ccccc1)Cc1ccccc1. The molecule has 2 atom stereocenters. The normalized spacial score (nSPS) is 16.5. The molecule has 1 N–H and O–H groups in total. The summed E-state index contributed by atoms with van der Waals surface area (Å²) < 4.78 is 0. The highest BCUT2D eigenvalue weighted by molar-refractivity contribution is 5.18. The highest BCUT2D eigenvalue weighted by atomic mass is 15.2. The third-order valence-corrected chi connectivity index (χ3v) is 7.27. The van der Waals surface area contributed by atoms with Gasteiger partial charge in [-0.2, -0.15) is 0 Å². The molecule has 0 saturated heterocycles. The van der Waals surface area contributed by atoms with Crippen LogP contribution in [0.25, 0.3) is 0 Å². The van der Waals surface area contributed by atoms with Gasteiger partial charge in [-0.15, -0.1) is 0 Å². The second kappa shape index (κ2) is 12.7. The fourth-order valence-corrected chi connectivity index (χ4v) is 5.37. The Kier molecular flexibility index (Phi) is 9.15. The zero-order valence-electron chi connectivity index (χ0n) is 20.2. The zero-order valence-corrected chi connectivity index (χ0v) is 20.2. The standard InChI is InChI=1S/C31H40N2/c1-26(32-23-28-16-8-3-9-17-28)31(22-27-14-6-2-7-15-27)33(24-29-18-10-4-11-19-29)25-30-20-12-5-13-21-30/h3-5,8-13,16-21,26-27,31-32H,2,6-7,14-15,22-25H2,1H3/t26-,31-/m0/s1. The average Bonchev–Trinajstić information content (AvgIpc) is 2.88. The molecule has 0 unspecified atom stereocenters. The summed E-state index contributed by atoms with van der Waals surface area (Å²) in [6.07, 6.45) is 8.29. The van der Waals surface area contributed by atoms with Gasteiger partial charge in [0.05, 0.1) is 0 Å². The fraction of sp³-hybridized carbons (Fsp3) is 0.419. The molecule has 0 spiro atoms.